The Morgan fingerprint density at radius 2 is 1.74 bits per heavy atom. The van der Waals surface area contributed by atoms with Gasteiger partial charge in [0.1, 0.15) is 0 Å². The number of carbonyl (C=O) groups is 2. The molecule has 0 bridgehead atoms. The van der Waals surface area contributed by atoms with Gasteiger partial charge in [-0.3, -0.25) is 9.59 Å². The van der Waals surface area contributed by atoms with E-state index < -0.39 is 23.4 Å². The van der Waals surface area contributed by atoms with Crippen molar-refractivity contribution in [1.82, 2.24) is 5.32 Å². The number of anilines is 1. The summed E-state index contributed by atoms with van der Waals surface area (Å²) in [5.41, 5.74) is 0.240. The monoisotopic (exact) mass is 358 g/mol. The summed E-state index contributed by atoms with van der Waals surface area (Å²) in [5, 5.41) is 5.44. The van der Waals surface area contributed by atoms with E-state index in [2.05, 4.69) is 10.6 Å². The summed E-state index contributed by atoms with van der Waals surface area (Å²) in [5.74, 6) is -3.45. The third-order valence-electron chi connectivity index (χ3n) is 2.80. The fourth-order valence-electron chi connectivity index (χ4n) is 1.69. The van der Waals surface area contributed by atoms with Crippen molar-refractivity contribution in [1.29, 1.82) is 0 Å². The normalized spacial score (nSPS) is 10.3. The Kier molecular flexibility index (Phi) is 5.52. The predicted octanol–water partition coefficient (Wildman–Crippen LogP) is 3.64. The van der Waals surface area contributed by atoms with Crippen LogP contribution in [0.3, 0.4) is 0 Å². The van der Waals surface area contributed by atoms with Crippen LogP contribution < -0.4 is 10.6 Å². The molecule has 2 aromatic rings. The van der Waals surface area contributed by atoms with E-state index in [-0.39, 0.29) is 17.1 Å². The number of carbonyl (C=O) groups excluding carboxylic acids is 2. The summed E-state index contributed by atoms with van der Waals surface area (Å²) in [7, 11) is 0. The summed E-state index contributed by atoms with van der Waals surface area (Å²) in [4.78, 5) is 23.5. The second-order valence-electron chi connectivity index (χ2n) is 4.48. The number of nitrogens with one attached hydrogen (secondary N) is 2. The lowest BCUT2D eigenvalue weighted by Crippen LogP contribution is -2.33. The molecule has 0 saturated heterocycles. The number of hydrogen-bond acceptors (Lipinski definition) is 2. The van der Waals surface area contributed by atoms with Crippen LogP contribution in [0.1, 0.15) is 10.4 Å². The molecule has 0 atom stereocenters. The molecule has 120 valence electrons. The van der Waals surface area contributed by atoms with Crippen molar-refractivity contribution in [2.45, 2.75) is 0 Å². The smallest absolute Gasteiger partial charge is 0.251 e. The van der Waals surface area contributed by atoms with Gasteiger partial charge in [0.05, 0.1) is 17.3 Å². The lowest BCUT2D eigenvalue weighted by atomic mass is 10.2. The van der Waals surface area contributed by atoms with Gasteiger partial charge in [-0.15, -0.1) is 0 Å². The Bertz CT molecular complexity index is 769. The Morgan fingerprint density at radius 1 is 1.00 bits per heavy atom. The maximum Gasteiger partial charge on any atom is 0.251 e. The Labute approximate surface area is 140 Å². The van der Waals surface area contributed by atoms with Crippen LogP contribution in [-0.4, -0.2) is 18.4 Å². The molecule has 2 amide bonds. The summed E-state index contributed by atoms with van der Waals surface area (Å²) in [6.45, 7) is -0.364. The standard InChI is InChI=1S/C15H10Cl2F2N2O2/c16-9-2-4-13(10(17)6-9)21-14(22)7-20-15(23)8-1-3-11(18)12(19)5-8/h1-6H,7H2,(H,20,23)(H,21,22). The Morgan fingerprint density at radius 3 is 2.39 bits per heavy atom. The third-order valence-corrected chi connectivity index (χ3v) is 3.34. The minimum atomic E-state index is -1.14. The van der Waals surface area contributed by atoms with Gasteiger partial charge in [-0.05, 0) is 36.4 Å². The SMILES string of the molecule is O=C(CNC(=O)c1ccc(F)c(F)c1)Nc1ccc(Cl)cc1Cl. The first-order valence-corrected chi connectivity index (χ1v) is 7.10. The van der Waals surface area contributed by atoms with E-state index in [0.29, 0.717) is 10.7 Å². The first-order chi connectivity index (χ1) is 10.9. The molecule has 2 rings (SSSR count). The minimum absolute atomic E-state index is 0.0961. The molecule has 0 heterocycles. The average Bonchev–Trinajstić information content (AvgIpc) is 2.50. The lowest BCUT2D eigenvalue weighted by molar-refractivity contribution is -0.115. The third kappa shape index (κ3) is 4.64. The molecule has 0 aliphatic heterocycles. The van der Waals surface area contributed by atoms with Crippen LogP contribution in [0.25, 0.3) is 0 Å². The molecule has 0 saturated carbocycles. The molecule has 23 heavy (non-hydrogen) atoms. The molecule has 0 radical (unpaired) electrons. The van der Waals surface area contributed by atoms with E-state index in [9.17, 15) is 18.4 Å². The number of hydrogen-bond donors (Lipinski definition) is 2. The van der Waals surface area contributed by atoms with Crippen molar-refractivity contribution in [2.75, 3.05) is 11.9 Å². The van der Waals surface area contributed by atoms with Gasteiger partial charge in [0.25, 0.3) is 5.91 Å². The summed E-state index contributed by atoms with van der Waals surface area (Å²) < 4.78 is 25.8. The van der Waals surface area contributed by atoms with E-state index in [0.717, 1.165) is 18.2 Å². The van der Waals surface area contributed by atoms with Crippen molar-refractivity contribution >= 4 is 40.7 Å². The van der Waals surface area contributed by atoms with Gasteiger partial charge in [0.15, 0.2) is 11.6 Å². The highest BCUT2D eigenvalue weighted by Crippen LogP contribution is 2.25. The Balaban J connectivity index is 1.93. The van der Waals surface area contributed by atoms with Gasteiger partial charge in [-0.25, -0.2) is 8.78 Å². The van der Waals surface area contributed by atoms with E-state index in [1.54, 1.807) is 6.07 Å². The van der Waals surface area contributed by atoms with Crippen LogP contribution >= 0.6 is 23.2 Å². The quantitative estimate of drug-likeness (QED) is 0.876. The fraction of sp³-hybridized carbons (Fsp3) is 0.0667. The molecule has 8 heteroatoms. The number of amides is 2. The van der Waals surface area contributed by atoms with Crippen LogP contribution in [0, 0.1) is 11.6 Å². The molecular weight excluding hydrogens is 349 g/mol. The maximum absolute atomic E-state index is 13.0. The molecule has 0 aliphatic rings. The lowest BCUT2D eigenvalue weighted by Gasteiger charge is -2.09. The molecule has 2 aromatic carbocycles. The first kappa shape index (κ1) is 17.2. The largest absolute Gasteiger partial charge is 0.343 e. The number of halogens is 4. The van der Waals surface area contributed by atoms with Crippen LogP contribution in [0.4, 0.5) is 14.5 Å². The van der Waals surface area contributed by atoms with Crippen molar-refractivity contribution in [3.63, 3.8) is 0 Å². The van der Waals surface area contributed by atoms with Crippen LogP contribution in [0.2, 0.25) is 10.0 Å². The second kappa shape index (κ2) is 7.39. The van der Waals surface area contributed by atoms with Gasteiger partial charge in [0.2, 0.25) is 5.91 Å². The summed E-state index contributed by atoms with van der Waals surface area (Å²) >= 11 is 11.6. The van der Waals surface area contributed by atoms with E-state index in [4.69, 9.17) is 23.2 Å². The van der Waals surface area contributed by atoms with Crippen molar-refractivity contribution < 1.29 is 18.4 Å². The topological polar surface area (TPSA) is 58.2 Å². The van der Waals surface area contributed by atoms with Crippen LogP contribution in [0.15, 0.2) is 36.4 Å². The van der Waals surface area contributed by atoms with Crippen molar-refractivity contribution in [3.05, 3.63) is 63.6 Å². The average molecular weight is 359 g/mol. The van der Waals surface area contributed by atoms with Crippen molar-refractivity contribution in [2.24, 2.45) is 0 Å². The molecule has 4 nitrogen and oxygen atoms in total. The zero-order chi connectivity index (χ0) is 17.0. The first-order valence-electron chi connectivity index (χ1n) is 6.35. The fourth-order valence-corrected chi connectivity index (χ4v) is 2.14. The van der Waals surface area contributed by atoms with E-state index >= 15 is 0 Å². The zero-order valence-corrected chi connectivity index (χ0v) is 13.0. The Hall–Kier alpha value is -2.18. The summed E-state index contributed by atoms with van der Waals surface area (Å²) in [6, 6.07) is 7.21. The van der Waals surface area contributed by atoms with Gasteiger partial charge in [0, 0.05) is 10.6 Å². The molecule has 2 N–H and O–H groups in total. The van der Waals surface area contributed by atoms with Crippen LogP contribution in [0.5, 0.6) is 0 Å². The second-order valence-corrected chi connectivity index (χ2v) is 5.33. The highest BCUT2D eigenvalue weighted by molar-refractivity contribution is 6.36. The highest BCUT2D eigenvalue weighted by Gasteiger charge is 2.12. The van der Waals surface area contributed by atoms with Crippen molar-refractivity contribution in [3.8, 4) is 0 Å². The van der Waals surface area contributed by atoms with Gasteiger partial charge in [-0.2, -0.15) is 0 Å². The predicted molar refractivity (Wildman–Crippen MR) is 83.8 cm³/mol. The molecule has 0 aliphatic carbocycles. The van der Waals surface area contributed by atoms with Gasteiger partial charge >= 0.3 is 0 Å². The minimum Gasteiger partial charge on any atom is -0.343 e. The number of rotatable bonds is 4. The highest BCUT2D eigenvalue weighted by atomic mass is 35.5. The van der Waals surface area contributed by atoms with Gasteiger partial charge in [-0.1, -0.05) is 23.2 Å². The number of benzene rings is 2. The van der Waals surface area contributed by atoms with Gasteiger partial charge < -0.3 is 10.6 Å². The zero-order valence-electron chi connectivity index (χ0n) is 11.5. The maximum atomic E-state index is 13.0. The molecule has 0 fully saturated rings. The van der Waals surface area contributed by atoms with Crippen LogP contribution in [-0.2, 0) is 4.79 Å². The molecule has 0 unspecified atom stereocenters. The van der Waals surface area contributed by atoms with E-state index in [1.807, 2.05) is 0 Å². The molecule has 0 spiro atoms. The molecular formula is C15H10Cl2F2N2O2. The molecule has 0 aromatic heterocycles. The van der Waals surface area contributed by atoms with E-state index in [1.165, 1.54) is 12.1 Å². The summed E-state index contributed by atoms with van der Waals surface area (Å²) in [6.07, 6.45) is 0.